The van der Waals surface area contributed by atoms with Gasteiger partial charge in [-0.1, -0.05) is 11.6 Å². The van der Waals surface area contributed by atoms with E-state index in [4.69, 9.17) is 16.0 Å². The molecule has 11 heteroatoms. The molecule has 0 atom stereocenters. The molecule has 2 amide bonds. The summed E-state index contributed by atoms with van der Waals surface area (Å²) in [4.78, 5) is 25.2. The Labute approximate surface area is 172 Å². The Morgan fingerprint density at radius 3 is 2.52 bits per heavy atom. The number of amides is 2. The lowest BCUT2D eigenvalue weighted by Crippen LogP contribution is -2.39. The predicted octanol–water partition coefficient (Wildman–Crippen LogP) is 1.48. The molecule has 0 aliphatic carbocycles. The Hall–Kier alpha value is -2.69. The normalized spacial score (nSPS) is 14.4. The second-order valence-corrected chi connectivity index (χ2v) is 8.48. The number of furan rings is 1. The van der Waals surface area contributed by atoms with Crippen LogP contribution in [0.2, 0.25) is 5.02 Å². The van der Waals surface area contributed by atoms with Crippen molar-refractivity contribution in [3.8, 4) is 0 Å². The van der Waals surface area contributed by atoms with E-state index < -0.39 is 21.8 Å². The number of halogens is 1. The average molecular weight is 439 g/mol. The molecular formula is C18H19ClN4O5S. The zero-order valence-corrected chi connectivity index (χ0v) is 16.9. The van der Waals surface area contributed by atoms with Crippen molar-refractivity contribution in [2.24, 2.45) is 5.10 Å². The number of carbonyl (C=O) groups excluding carboxylic acids is 2. The minimum absolute atomic E-state index is 0.0708. The number of hydrogen-bond donors (Lipinski definition) is 2. The van der Waals surface area contributed by atoms with Crippen LogP contribution in [-0.2, 0) is 26.2 Å². The summed E-state index contributed by atoms with van der Waals surface area (Å²) in [6.07, 6.45) is 3.00. The maximum atomic E-state index is 12.2. The number of likely N-dealkylation sites (tertiary alicyclic amines) is 1. The molecule has 0 unspecified atom stereocenters. The Kier molecular flexibility index (Phi) is 6.68. The minimum Gasteiger partial charge on any atom is -0.459 e. The minimum atomic E-state index is -3.71. The Balaban J connectivity index is 1.51. The quantitative estimate of drug-likeness (QED) is 0.402. The van der Waals surface area contributed by atoms with Crippen molar-refractivity contribution in [1.82, 2.24) is 15.0 Å². The lowest BCUT2D eigenvalue weighted by molar-refractivity contribution is -0.145. The summed E-state index contributed by atoms with van der Waals surface area (Å²) in [5.74, 6) is -0.787. The molecule has 1 aromatic heterocycles. The van der Waals surface area contributed by atoms with Crippen LogP contribution in [0.5, 0.6) is 0 Å². The van der Waals surface area contributed by atoms with Crippen molar-refractivity contribution in [1.29, 1.82) is 0 Å². The second kappa shape index (κ2) is 9.21. The van der Waals surface area contributed by atoms with Crippen molar-refractivity contribution >= 4 is 39.7 Å². The standard InChI is InChI=1S/C18H19ClN4O5S/c19-13-3-7-16(8-4-13)29(26,27)21-12-15-6-5-14(28-15)11-20-22-17(24)18(25)23-9-1-2-10-23/h3-8,11,21H,1-2,9-10,12H2,(H,22,24)/b20-11+. The number of sulfonamides is 1. The second-order valence-electron chi connectivity index (χ2n) is 6.28. The van der Waals surface area contributed by atoms with Gasteiger partial charge in [-0.15, -0.1) is 0 Å². The van der Waals surface area contributed by atoms with Gasteiger partial charge in [-0.05, 0) is 49.2 Å². The Morgan fingerprint density at radius 2 is 1.83 bits per heavy atom. The highest BCUT2D eigenvalue weighted by Crippen LogP contribution is 2.15. The average Bonchev–Trinajstić information content (AvgIpc) is 3.38. The van der Waals surface area contributed by atoms with E-state index in [1.165, 1.54) is 35.4 Å². The summed E-state index contributed by atoms with van der Waals surface area (Å²) in [6, 6.07) is 8.90. The summed E-state index contributed by atoms with van der Waals surface area (Å²) < 4.78 is 32.3. The lowest BCUT2D eigenvalue weighted by Gasteiger charge is -2.12. The summed E-state index contributed by atoms with van der Waals surface area (Å²) in [7, 11) is -3.71. The molecule has 29 heavy (non-hydrogen) atoms. The summed E-state index contributed by atoms with van der Waals surface area (Å²) in [5, 5.41) is 4.13. The topological polar surface area (TPSA) is 121 Å². The van der Waals surface area contributed by atoms with Crippen molar-refractivity contribution in [3.05, 3.63) is 52.9 Å². The number of carbonyl (C=O) groups is 2. The van der Waals surface area contributed by atoms with Crippen LogP contribution in [0.3, 0.4) is 0 Å². The van der Waals surface area contributed by atoms with Crippen LogP contribution < -0.4 is 10.1 Å². The van der Waals surface area contributed by atoms with Crippen molar-refractivity contribution in [3.63, 3.8) is 0 Å². The van der Waals surface area contributed by atoms with Crippen LogP contribution in [0.1, 0.15) is 24.4 Å². The molecule has 0 bridgehead atoms. The predicted molar refractivity (Wildman–Crippen MR) is 106 cm³/mol. The maximum absolute atomic E-state index is 12.2. The summed E-state index contributed by atoms with van der Waals surface area (Å²) >= 11 is 5.76. The lowest BCUT2D eigenvalue weighted by atomic mass is 10.4. The van der Waals surface area contributed by atoms with E-state index in [2.05, 4.69) is 15.2 Å². The zero-order valence-electron chi connectivity index (χ0n) is 15.3. The molecule has 1 saturated heterocycles. The fraction of sp³-hybridized carbons (Fsp3) is 0.278. The molecule has 2 heterocycles. The fourth-order valence-corrected chi connectivity index (χ4v) is 3.81. The summed E-state index contributed by atoms with van der Waals surface area (Å²) in [5.41, 5.74) is 2.16. The first-order valence-corrected chi connectivity index (χ1v) is 10.7. The Morgan fingerprint density at radius 1 is 1.14 bits per heavy atom. The van der Waals surface area contributed by atoms with Gasteiger partial charge in [-0.3, -0.25) is 9.59 Å². The van der Waals surface area contributed by atoms with Crippen molar-refractivity contribution in [2.45, 2.75) is 24.3 Å². The van der Waals surface area contributed by atoms with Gasteiger partial charge in [-0.2, -0.15) is 5.10 Å². The highest BCUT2D eigenvalue weighted by molar-refractivity contribution is 7.89. The highest BCUT2D eigenvalue weighted by Gasteiger charge is 2.24. The molecule has 0 radical (unpaired) electrons. The number of hydrogen-bond acceptors (Lipinski definition) is 6. The van der Waals surface area contributed by atoms with Crippen LogP contribution in [-0.4, -0.2) is 44.4 Å². The molecule has 1 aliphatic rings. The highest BCUT2D eigenvalue weighted by atomic mass is 35.5. The molecule has 1 aromatic carbocycles. The van der Waals surface area contributed by atoms with Crippen LogP contribution >= 0.6 is 11.6 Å². The van der Waals surface area contributed by atoms with Crippen LogP contribution in [0.15, 0.2) is 50.8 Å². The van der Waals surface area contributed by atoms with Crippen LogP contribution in [0.4, 0.5) is 0 Å². The molecular weight excluding hydrogens is 420 g/mol. The molecule has 0 spiro atoms. The van der Waals surface area contributed by atoms with Crippen LogP contribution in [0.25, 0.3) is 0 Å². The molecule has 2 N–H and O–H groups in total. The van der Waals surface area contributed by atoms with E-state index in [-0.39, 0.29) is 11.4 Å². The summed E-state index contributed by atoms with van der Waals surface area (Å²) in [6.45, 7) is 1.07. The van der Waals surface area contributed by atoms with Gasteiger partial charge in [-0.25, -0.2) is 18.6 Å². The smallest absolute Gasteiger partial charge is 0.329 e. The number of rotatable bonds is 6. The van der Waals surface area contributed by atoms with Gasteiger partial charge in [0.05, 0.1) is 17.7 Å². The number of nitrogens with one attached hydrogen (secondary N) is 2. The Bertz CT molecular complexity index is 1010. The van der Waals surface area contributed by atoms with E-state index >= 15 is 0 Å². The van der Waals surface area contributed by atoms with Gasteiger partial charge in [0.15, 0.2) is 0 Å². The van der Waals surface area contributed by atoms with E-state index in [9.17, 15) is 18.0 Å². The van der Waals surface area contributed by atoms with Crippen molar-refractivity contribution < 1.29 is 22.4 Å². The molecule has 0 saturated carbocycles. The first kappa shape index (κ1) is 21.0. The molecule has 3 rings (SSSR count). The van der Waals surface area contributed by atoms with Crippen molar-refractivity contribution in [2.75, 3.05) is 13.1 Å². The molecule has 154 valence electrons. The largest absolute Gasteiger partial charge is 0.459 e. The monoisotopic (exact) mass is 438 g/mol. The van der Waals surface area contributed by atoms with E-state index in [1.54, 1.807) is 12.1 Å². The van der Waals surface area contributed by atoms with Crippen LogP contribution in [0, 0.1) is 0 Å². The fourth-order valence-electron chi connectivity index (χ4n) is 2.69. The third kappa shape index (κ3) is 5.66. The maximum Gasteiger partial charge on any atom is 0.329 e. The molecule has 9 nitrogen and oxygen atoms in total. The number of benzene rings is 1. The van der Waals surface area contributed by atoms with Gasteiger partial charge in [0.2, 0.25) is 10.0 Å². The molecule has 1 aliphatic heterocycles. The number of nitrogens with zero attached hydrogens (tertiary/aromatic N) is 2. The van der Waals surface area contributed by atoms with Gasteiger partial charge in [0.1, 0.15) is 11.5 Å². The van der Waals surface area contributed by atoms with E-state index in [1.807, 2.05) is 0 Å². The van der Waals surface area contributed by atoms with E-state index in [0.717, 1.165) is 12.8 Å². The number of hydrazone groups is 1. The third-order valence-electron chi connectivity index (χ3n) is 4.19. The van der Waals surface area contributed by atoms with Gasteiger partial charge in [0.25, 0.3) is 0 Å². The van der Waals surface area contributed by atoms with Gasteiger partial charge >= 0.3 is 11.8 Å². The third-order valence-corrected chi connectivity index (χ3v) is 5.86. The molecule has 1 fully saturated rings. The molecule has 2 aromatic rings. The van der Waals surface area contributed by atoms with Gasteiger partial charge < -0.3 is 9.32 Å². The first-order chi connectivity index (χ1) is 13.8. The zero-order chi connectivity index (χ0) is 20.9. The van der Waals surface area contributed by atoms with E-state index in [0.29, 0.717) is 29.6 Å². The first-order valence-electron chi connectivity index (χ1n) is 8.81. The SMILES string of the molecule is O=C(N/N=C/c1ccc(CNS(=O)(=O)c2ccc(Cl)cc2)o1)C(=O)N1CCCC1. The van der Waals surface area contributed by atoms with Gasteiger partial charge in [0, 0.05) is 18.1 Å².